The van der Waals surface area contributed by atoms with Crippen LogP contribution >= 0.6 is 0 Å². The van der Waals surface area contributed by atoms with E-state index in [1.165, 1.54) is 6.07 Å². The van der Waals surface area contributed by atoms with E-state index in [1.54, 1.807) is 25.3 Å². The van der Waals surface area contributed by atoms with Crippen molar-refractivity contribution < 1.29 is 40.9 Å². The van der Waals surface area contributed by atoms with Crippen LogP contribution in [0.5, 0.6) is 5.75 Å². The van der Waals surface area contributed by atoms with Crippen LogP contribution in [0.2, 0.25) is 0 Å². The molecule has 4 nitrogen and oxygen atoms in total. The van der Waals surface area contributed by atoms with Gasteiger partial charge in [0.2, 0.25) is 0 Å². The second-order valence-electron chi connectivity index (χ2n) is 8.51. The fourth-order valence-electron chi connectivity index (χ4n) is 4.02. The third-order valence-corrected chi connectivity index (χ3v) is 5.77. The first-order chi connectivity index (χ1) is 16.7. The van der Waals surface area contributed by atoms with Crippen molar-refractivity contribution in [2.75, 3.05) is 33.5 Å². The number of hydrogen-bond acceptors (Lipinski definition) is 4. The summed E-state index contributed by atoms with van der Waals surface area (Å²) in [6.45, 7) is 0.0153. The summed E-state index contributed by atoms with van der Waals surface area (Å²) in [6, 6.07) is 12.5. The highest BCUT2D eigenvalue weighted by Gasteiger charge is 2.29. The van der Waals surface area contributed by atoms with Gasteiger partial charge >= 0.3 is 6.18 Å². The summed E-state index contributed by atoms with van der Waals surface area (Å²) in [5.74, 6) is -1.56. The second kappa shape index (κ2) is 10.9. The Labute approximate surface area is 199 Å². The first-order valence-corrected chi connectivity index (χ1v) is 11.1. The number of methoxy groups -OCH3 is 1. The van der Waals surface area contributed by atoms with Crippen LogP contribution in [0, 0.1) is 17.6 Å². The zero-order valence-corrected chi connectivity index (χ0v) is 19.0. The monoisotopic (exact) mass is 496 g/mol. The van der Waals surface area contributed by atoms with Gasteiger partial charge in [0.15, 0.2) is 24.5 Å². The molecule has 0 saturated carbocycles. The normalized spacial score (nSPS) is 18.7. The van der Waals surface area contributed by atoms with Crippen molar-refractivity contribution in [1.29, 1.82) is 0 Å². The Bertz CT molecular complexity index is 1160. The van der Waals surface area contributed by atoms with Crippen LogP contribution in [0.25, 0.3) is 10.8 Å². The summed E-state index contributed by atoms with van der Waals surface area (Å²) in [7, 11) is 1.63. The molecule has 188 valence electrons. The minimum atomic E-state index is -4.55. The lowest BCUT2D eigenvalue weighted by molar-refractivity contribution is -0.210. The van der Waals surface area contributed by atoms with Crippen LogP contribution in [-0.4, -0.2) is 39.7 Å². The lowest BCUT2D eigenvalue weighted by Gasteiger charge is -2.29. The maximum atomic E-state index is 15.2. The molecule has 9 heteroatoms. The zero-order chi connectivity index (χ0) is 25.0. The van der Waals surface area contributed by atoms with E-state index < -0.39 is 30.6 Å². The SMILES string of the molecule is COCC1COC(c2ccc3c(F)c(CCc4ccc(OCC(F)(F)F)c(F)c4)ccc3c2)OC1. The van der Waals surface area contributed by atoms with Gasteiger partial charge in [-0.05, 0) is 47.6 Å². The quantitative estimate of drug-likeness (QED) is 0.351. The third kappa shape index (κ3) is 6.48. The van der Waals surface area contributed by atoms with Crippen molar-refractivity contribution in [3.05, 3.63) is 76.9 Å². The van der Waals surface area contributed by atoms with Crippen molar-refractivity contribution in [3.8, 4) is 5.75 Å². The fourth-order valence-corrected chi connectivity index (χ4v) is 4.02. The van der Waals surface area contributed by atoms with Crippen molar-refractivity contribution in [3.63, 3.8) is 0 Å². The Morgan fingerprint density at radius 2 is 1.71 bits per heavy atom. The Morgan fingerprint density at radius 3 is 2.40 bits per heavy atom. The predicted molar refractivity (Wildman–Crippen MR) is 119 cm³/mol. The van der Waals surface area contributed by atoms with E-state index in [0.717, 1.165) is 17.7 Å². The van der Waals surface area contributed by atoms with Gasteiger partial charge < -0.3 is 18.9 Å². The van der Waals surface area contributed by atoms with Crippen LogP contribution in [0.1, 0.15) is 23.0 Å². The maximum absolute atomic E-state index is 15.2. The number of aryl methyl sites for hydroxylation is 2. The summed E-state index contributed by atoms with van der Waals surface area (Å²) < 4.78 is 87.2. The Kier molecular flexibility index (Phi) is 7.88. The van der Waals surface area contributed by atoms with Gasteiger partial charge in [0.1, 0.15) is 5.82 Å². The van der Waals surface area contributed by atoms with Gasteiger partial charge in [-0.15, -0.1) is 0 Å². The van der Waals surface area contributed by atoms with E-state index in [0.29, 0.717) is 54.6 Å². The summed E-state index contributed by atoms with van der Waals surface area (Å²) >= 11 is 0. The van der Waals surface area contributed by atoms with Crippen LogP contribution in [0.15, 0.2) is 48.5 Å². The molecule has 4 rings (SSSR count). The maximum Gasteiger partial charge on any atom is 0.422 e. The van der Waals surface area contributed by atoms with E-state index >= 15 is 4.39 Å². The second-order valence-corrected chi connectivity index (χ2v) is 8.51. The number of halogens is 5. The van der Waals surface area contributed by atoms with E-state index in [9.17, 15) is 17.6 Å². The van der Waals surface area contributed by atoms with Gasteiger partial charge in [-0.25, -0.2) is 8.78 Å². The lowest BCUT2D eigenvalue weighted by atomic mass is 9.98. The van der Waals surface area contributed by atoms with Crippen molar-refractivity contribution in [1.82, 2.24) is 0 Å². The first kappa shape index (κ1) is 25.3. The number of rotatable bonds is 8. The van der Waals surface area contributed by atoms with E-state index in [-0.39, 0.29) is 11.7 Å². The molecule has 0 aromatic heterocycles. The molecule has 3 aromatic carbocycles. The molecule has 0 bridgehead atoms. The molecular weight excluding hydrogens is 471 g/mol. The Balaban J connectivity index is 1.41. The molecule has 1 aliphatic heterocycles. The molecule has 0 radical (unpaired) electrons. The van der Waals surface area contributed by atoms with Gasteiger partial charge in [0.05, 0.1) is 19.8 Å². The topological polar surface area (TPSA) is 36.9 Å². The van der Waals surface area contributed by atoms with Crippen molar-refractivity contribution in [2.45, 2.75) is 25.3 Å². The van der Waals surface area contributed by atoms with Crippen LogP contribution in [0.3, 0.4) is 0 Å². The Morgan fingerprint density at radius 1 is 0.943 bits per heavy atom. The number of hydrogen-bond donors (Lipinski definition) is 0. The average Bonchev–Trinajstić information content (AvgIpc) is 2.83. The number of fused-ring (bicyclic) bond motifs is 1. The molecule has 0 amide bonds. The average molecular weight is 496 g/mol. The molecule has 3 aromatic rings. The van der Waals surface area contributed by atoms with E-state index in [4.69, 9.17) is 14.2 Å². The van der Waals surface area contributed by atoms with Gasteiger partial charge in [-0.1, -0.05) is 30.3 Å². The molecule has 0 aliphatic carbocycles. The molecule has 1 heterocycles. The minimum Gasteiger partial charge on any atom is -0.481 e. The highest BCUT2D eigenvalue weighted by molar-refractivity contribution is 5.84. The third-order valence-electron chi connectivity index (χ3n) is 5.77. The van der Waals surface area contributed by atoms with Gasteiger partial charge in [0, 0.05) is 24.0 Å². The van der Waals surface area contributed by atoms with E-state index in [1.807, 2.05) is 12.1 Å². The van der Waals surface area contributed by atoms with Crippen molar-refractivity contribution >= 4 is 10.8 Å². The molecule has 0 N–H and O–H groups in total. The molecule has 1 saturated heterocycles. The fraction of sp³-hybridized carbons (Fsp3) is 0.385. The zero-order valence-electron chi connectivity index (χ0n) is 19.0. The largest absolute Gasteiger partial charge is 0.481 e. The molecular formula is C26H25F5O4. The molecule has 0 spiro atoms. The van der Waals surface area contributed by atoms with Crippen LogP contribution in [0.4, 0.5) is 22.0 Å². The summed E-state index contributed by atoms with van der Waals surface area (Å²) in [5.41, 5.74) is 1.77. The smallest absolute Gasteiger partial charge is 0.422 e. The van der Waals surface area contributed by atoms with Crippen LogP contribution in [-0.2, 0) is 27.1 Å². The summed E-state index contributed by atoms with van der Waals surface area (Å²) in [5, 5.41) is 1.15. The van der Waals surface area contributed by atoms with Gasteiger partial charge in [-0.3, -0.25) is 0 Å². The highest BCUT2D eigenvalue weighted by Crippen LogP contribution is 2.30. The molecule has 35 heavy (non-hydrogen) atoms. The first-order valence-electron chi connectivity index (χ1n) is 11.1. The van der Waals surface area contributed by atoms with E-state index in [2.05, 4.69) is 4.74 Å². The Hall–Kier alpha value is -2.75. The minimum absolute atomic E-state index is 0.175. The number of ether oxygens (including phenoxy) is 4. The van der Waals surface area contributed by atoms with Gasteiger partial charge in [0.25, 0.3) is 0 Å². The number of alkyl halides is 3. The molecule has 0 atom stereocenters. The molecule has 1 fully saturated rings. The molecule has 1 aliphatic rings. The van der Waals surface area contributed by atoms with Crippen LogP contribution < -0.4 is 4.74 Å². The standard InChI is InChI=1S/C26H25F5O4/c1-32-12-17-13-33-25(34-14-17)20-7-8-21-19(11-20)6-5-18(24(21)28)4-2-16-3-9-23(22(27)10-16)35-15-26(29,30)31/h3,5-11,17,25H,2,4,12-15H2,1H3. The number of benzene rings is 3. The highest BCUT2D eigenvalue weighted by atomic mass is 19.4. The summed E-state index contributed by atoms with van der Waals surface area (Å²) in [4.78, 5) is 0. The lowest BCUT2D eigenvalue weighted by Crippen LogP contribution is -2.29. The summed E-state index contributed by atoms with van der Waals surface area (Å²) in [6.07, 6.45) is -4.47. The van der Waals surface area contributed by atoms with Gasteiger partial charge in [-0.2, -0.15) is 13.2 Å². The molecule has 0 unspecified atom stereocenters. The predicted octanol–water partition coefficient (Wildman–Crippen LogP) is 6.15. The van der Waals surface area contributed by atoms with Crippen molar-refractivity contribution in [2.24, 2.45) is 5.92 Å².